The molecule has 1 atom stereocenters. The van der Waals surface area contributed by atoms with Crippen LogP contribution in [0.4, 0.5) is 0 Å². The van der Waals surface area contributed by atoms with Crippen LogP contribution in [0.3, 0.4) is 0 Å². The maximum Gasteiger partial charge on any atom is 0.129 e. The molecule has 0 saturated heterocycles. The predicted molar refractivity (Wildman–Crippen MR) is 70.3 cm³/mol. The molecule has 0 aliphatic rings. The lowest BCUT2D eigenvalue weighted by atomic mass is 10.3. The summed E-state index contributed by atoms with van der Waals surface area (Å²) in [6, 6.07) is 9.40. The van der Waals surface area contributed by atoms with E-state index in [2.05, 4.69) is 10.3 Å². The Balaban J connectivity index is 1.56. The molecule has 0 saturated carbocycles. The molecule has 0 aliphatic heterocycles. The first kappa shape index (κ1) is 13.7. The lowest BCUT2D eigenvalue weighted by molar-refractivity contribution is 0.0225. The first-order valence-electron chi connectivity index (χ1n) is 6.23. The summed E-state index contributed by atoms with van der Waals surface area (Å²) >= 11 is 0. The van der Waals surface area contributed by atoms with Gasteiger partial charge in [-0.3, -0.25) is 4.98 Å². The summed E-state index contributed by atoms with van der Waals surface area (Å²) in [5.41, 5.74) is 0.950. The molecule has 0 radical (unpaired) electrons. The highest BCUT2D eigenvalue weighted by Crippen LogP contribution is 2.02. The molecule has 2 aromatic rings. The van der Waals surface area contributed by atoms with Crippen LogP contribution in [-0.4, -0.2) is 29.3 Å². The van der Waals surface area contributed by atoms with Crippen molar-refractivity contribution in [3.63, 3.8) is 0 Å². The van der Waals surface area contributed by atoms with E-state index in [1.807, 2.05) is 30.3 Å². The zero-order chi connectivity index (χ0) is 13.3. The SMILES string of the molecule is OC(CNCc1ccccn1)COCc1ccco1. The second kappa shape index (κ2) is 7.68. The summed E-state index contributed by atoms with van der Waals surface area (Å²) in [4.78, 5) is 4.18. The summed E-state index contributed by atoms with van der Waals surface area (Å²) in [5.74, 6) is 0.758. The Hall–Kier alpha value is -1.69. The van der Waals surface area contributed by atoms with Gasteiger partial charge in [0.05, 0.1) is 24.7 Å². The highest BCUT2D eigenvalue weighted by Gasteiger charge is 2.05. The van der Waals surface area contributed by atoms with Gasteiger partial charge in [0.15, 0.2) is 0 Å². The molecule has 19 heavy (non-hydrogen) atoms. The van der Waals surface area contributed by atoms with Crippen molar-refractivity contribution in [3.8, 4) is 0 Å². The van der Waals surface area contributed by atoms with Crippen LogP contribution in [-0.2, 0) is 17.9 Å². The minimum Gasteiger partial charge on any atom is -0.467 e. The smallest absolute Gasteiger partial charge is 0.129 e. The minimum absolute atomic E-state index is 0.274. The van der Waals surface area contributed by atoms with Crippen molar-refractivity contribution < 1.29 is 14.3 Å². The van der Waals surface area contributed by atoms with Gasteiger partial charge in [-0.2, -0.15) is 0 Å². The van der Waals surface area contributed by atoms with Crippen LogP contribution >= 0.6 is 0 Å². The maximum absolute atomic E-state index is 9.72. The molecule has 0 spiro atoms. The van der Waals surface area contributed by atoms with Gasteiger partial charge in [0.25, 0.3) is 0 Å². The lowest BCUT2D eigenvalue weighted by Gasteiger charge is -2.11. The van der Waals surface area contributed by atoms with E-state index in [1.165, 1.54) is 0 Å². The van der Waals surface area contributed by atoms with Gasteiger partial charge < -0.3 is 19.6 Å². The number of aliphatic hydroxyl groups excluding tert-OH is 1. The van der Waals surface area contributed by atoms with E-state index in [1.54, 1.807) is 12.5 Å². The average molecular weight is 262 g/mol. The number of rotatable bonds is 8. The monoisotopic (exact) mass is 262 g/mol. The Morgan fingerprint density at radius 1 is 1.32 bits per heavy atom. The normalized spacial score (nSPS) is 12.5. The van der Waals surface area contributed by atoms with Gasteiger partial charge in [0.1, 0.15) is 12.4 Å². The molecular formula is C14H18N2O3. The molecular weight excluding hydrogens is 244 g/mol. The van der Waals surface area contributed by atoms with Gasteiger partial charge in [-0.05, 0) is 24.3 Å². The number of nitrogens with one attached hydrogen (secondary N) is 1. The Kier molecular flexibility index (Phi) is 5.55. The Morgan fingerprint density at radius 2 is 2.26 bits per heavy atom. The average Bonchev–Trinajstić information content (AvgIpc) is 2.93. The molecule has 2 heterocycles. The van der Waals surface area contributed by atoms with Crippen molar-refractivity contribution in [3.05, 3.63) is 54.2 Å². The van der Waals surface area contributed by atoms with E-state index in [-0.39, 0.29) is 6.61 Å². The molecule has 5 nitrogen and oxygen atoms in total. The highest BCUT2D eigenvalue weighted by atomic mass is 16.5. The summed E-state index contributed by atoms with van der Waals surface area (Å²) in [5, 5.41) is 12.8. The fourth-order valence-electron chi connectivity index (χ4n) is 1.62. The number of furan rings is 1. The largest absolute Gasteiger partial charge is 0.467 e. The van der Waals surface area contributed by atoms with Crippen LogP contribution in [0.5, 0.6) is 0 Å². The second-order valence-electron chi connectivity index (χ2n) is 4.20. The first-order chi connectivity index (χ1) is 9.34. The van der Waals surface area contributed by atoms with Crippen molar-refractivity contribution in [2.24, 2.45) is 0 Å². The van der Waals surface area contributed by atoms with E-state index >= 15 is 0 Å². The topological polar surface area (TPSA) is 67.5 Å². The molecule has 0 amide bonds. The van der Waals surface area contributed by atoms with Crippen LogP contribution in [0.15, 0.2) is 47.2 Å². The summed E-state index contributed by atoms with van der Waals surface area (Å²) in [7, 11) is 0. The lowest BCUT2D eigenvalue weighted by Crippen LogP contribution is -2.30. The van der Waals surface area contributed by atoms with Gasteiger partial charge in [0, 0.05) is 19.3 Å². The molecule has 2 rings (SSSR count). The van der Waals surface area contributed by atoms with E-state index < -0.39 is 6.10 Å². The first-order valence-corrected chi connectivity index (χ1v) is 6.23. The van der Waals surface area contributed by atoms with Crippen molar-refractivity contribution in [1.82, 2.24) is 10.3 Å². The number of pyridine rings is 1. The predicted octanol–water partition coefficient (Wildman–Crippen LogP) is 1.34. The summed E-state index contributed by atoms with van der Waals surface area (Å²) in [6.45, 7) is 1.75. The third-order valence-electron chi connectivity index (χ3n) is 2.55. The van der Waals surface area contributed by atoms with E-state index in [4.69, 9.17) is 9.15 Å². The minimum atomic E-state index is -0.543. The van der Waals surface area contributed by atoms with E-state index in [0.29, 0.717) is 19.7 Å². The van der Waals surface area contributed by atoms with Crippen LogP contribution in [0.25, 0.3) is 0 Å². The van der Waals surface area contributed by atoms with Gasteiger partial charge in [-0.25, -0.2) is 0 Å². The maximum atomic E-state index is 9.72. The third kappa shape index (κ3) is 5.21. The van der Waals surface area contributed by atoms with Crippen LogP contribution in [0.2, 0.25) is 0 Å². The van der Waals surface area contributed by atoms with Gasteiger partial charge >= 0.3 is 0 Å². The standard InChI is InChI=1S/C14H18N2O3/c17-13(10-18-11-14-5-3-7-19-14)9-15-8-12-4-1-2-6-16-12/h1-7,13,15,17H,8-11H2. The van der Waals surface area contributed by atoms with Crippen LogP contribution < -0.4 is 5.32 Å². The van der Waals surface area contributed by atoms with E-state index in [0.717, 1.165) is 11.5 Å². The molecule has 2 aromatic heterocycles. The number of aliphatic hydroxyl groups is 1. The molecule has 0 fully saturated rings. The Labute approximate surface area is 112 Å². The number of ether oxygens (including phenoxy) is 1. The number of hydrogen-bond acceptors (Lipinski definition) is 5. The molecule has 102 valence electrons. The van der Waals surface area contributed by atoms with Crippen molar-refractivity contribution in [2.45, 2.75) is 19.3 Å². The molecule has 0 aliphatic carbocycles. The Bertz CT molecular complexity index is 445. The third-order valence-corrected chi connectivity index (χ3v) is 2.55. The Morgan fingerprint density at radius 3 is 3.00 bits per heavy atom. The van der Waals surface area contributed by atoms with Crippen LogP contribution in [0, 0.1) is 0 Å². The quantitative estimate of drug-likeness (QED) is 0.751. The number of nitrogens with zero attached hydrogens (tertiary/aromatic N) is 1. The fourth-order valence-corrected chi connectivity index (χ4v) is 1.62. The van der Waals surface area contributed by atoms with Crippen molar-refractivity contribution in [2.75, 3.05) is 13.2 Å². The van der Waals surface area contributed by atoms with Crippen molar-refractivity contribution >= 4 is 0 Å². The zero-order valence-corrected chi connectivity index (χ0v) is 10.7. The van der Waals surface area contributed by atoms with Gasteiger partial charge in [-0.15, -0.1) is 0 Å². The van der Waals surface area contributed by atoms with E-state index in [9.17, 15) is 5.11 Å². The molecule has 0 aromatic carbocycles. The fraction of sp³-hybridized carbons (Fsp3) is 0.357. The summed E-state index contributed by atoms with van der Waals surface area (Å²) < 4.78 is 10.5. The highest BCUT2D eigenvalue weighted by molar-refractivity contribution is 5.02. The van der Waals surface area contributed by atoms with Crippen molar-refractivity contribution in [1.29, 1.82) is 0 Å². The molecule has 2 N–H and O–H groups in total. The second-order valence-corrected chi connectivity index (χ2v) is 4.20. The van der Waals surface area contributed by atoms with Crippen LogP contribution in [0.1, 0.15) is 11.5 Å². The van der Waals surface area contributed by atoms with Gasteiger partial charge in [0.2, 0.25) is 0 Å². The molecule has 1 unspecified atom stereocenters. The number of aromatic nitrogens is 1. The molecule has 5 heteroatoms. The zero-order valence-electron chi connectivity index (χ0n) is 10.7. The number of hydrogen-bond donors (Lipinski definition) is 2. The van der Waals surface area contributed by atoms with Gasteiger partial charge in [-0.1, -0.05) is 6.07 Å². The molecule has 0 bridgehead atoms. The summed E-state index contributed by atoms with van der Waals surface area (Å²) in [6.07, 6.45) is 2.81.